The number of aromatic hydroxyl groups is 1. The number of phenols is 1. The van der Waals surface area contributed by atoms with E-state index in [9.17, 15) is 23.1 Å². The van der Waals surface area contributed by atoms with Gasteiger partial charge in [-0.1, -0.05) is 24.3 Å². The van der Waals surface area contributed by atoms with Gasteiger partial charge in [0.05, 0.1) is 5.69 Å². The normalized spacial score (nSPS) is 11.0. The van der Waals surface area contributed by atoms with E-state index < -0.39 is 25.3 Å². The summed E-state index contributed by atoms with van der Waals surface area (Å²) >= 11 is 0. The fourth-order valence-corrected chi connectivity index (χ4v) is 1.76. The number of rotatable bonds is 6. The number of amides is 1. The Morgan fingerprint density at radius 1 is 1.00 bits per heavy atom. The number of hydrogen-bond donors (Lipinski definition) is 2. The number of ether oxygens (including phenoxy) is 2. The molecule has 0 aliphatic carbocycles. The molecule has 0 radical (unpaired) electrons. The predicted molar refractivity (Wildman–Crippen MR) is 80.2 cm³/mol. The maximum absolute atomic E-state index is 12.2. The molecule has 0 unspecified atom stereocenters. The Hall–Kier alpha value is -2.90. The molecule has 0 aliphatic rings. The average molecular weight is 341 g/mol. The number of alkyl halides is 3. The molecule has 24 heavy (non-hydrogen) atoms. The van der Waals surface area contributed by atoms with Crippen molar-refractivity contribution in [3.8, 4) is 17.2 Å². The smallest absolute Gasteiger partial charge is 0.422 e. The Morgan fingerprint density at radius 2 is 1.62 bits per heavy atom. The van der Waals surface area contributed by atoms with Crippen LogP contribution in [-0.2, 0) is 4.79 Å². The zero-order chi connectivity index (χ0) is 17.6. The molecule has 128 valence electrons. The van der Waals surface area contributed by atoms with Gasteiger partial charge in [0.1, 0.15) is 5.75 Å². The van der Waals surface area contributed by atoms with Gasteiger partial charge < -0.3 is 19.9 Å². The summed E-state index contributed by atoms with van der Waals surface area (Å²) in [4.78, 5) is 11.9. The summed E-state index contributed by atoms with van der Waals surface area (Å²) in [7, 11) is 0. The van der Waals surface area contributed by atoms with Crippen molar-refractivity contribution < 1.29 is 32.5 Å². The molecule has 0 atom stereocenters. The molecule has 0 spiro atoms. The summed E-state index contributed by atoms with van der Waals surface area (Å²) in [6, 6.07) is 11.8. The van der Waals surface area contributed by atoms with Crippen LogP contribution < -0.4 is 14.8 Å². The molecule has 0 fully saturated rings. The van der Waals surface area contributed by atoms with Gasteiger partial charge in [0.15, 0.2) is 24.7 Å². The Labute approximate surface area is 135 Å². The van der Waals surface area contributed by atoms with E-state index in [4.69, 9.17) is 4.74 Å². The first-order valence-corrected chi connectivity index (χ1v) is 6.84. The Kier molecular flexibility index (Phi) is 5.51. The van der Waals surface area contributed by atoms with Gasteiger partial charge in [-0.25, -0.2) is 0 Å². The highest BCUT2D eigenvalue weighted by atomic mass is 19.4. The van der Waals surface area contributed by atoms with E-state index in [0.717, 1.165) is 0 Å². The number of carbonyl (C=O) groups is 1. The van der Waals surface area contributed by atoms with E-state index >= 15 is 0 Å². The van der Waals surface area contributed by atoms with Gasteiger partial charge in [-0.15, -0.1) is 0 Å². The molecular formula is C16H14F3NO4. The molecular weight excluding hydrogens is 327 g/mol. The Bertz CT molecular complexity index is 704. The lowest BCUT2D eigenvalue weighted by Gasteiger charge is -2.14. The molecule has 2 aromatic rings. The van der Waals surface area contributed by atoms with Crippen molar-refractivity contribution in [1.29, 1.82) is 0 Å². The second-order valence-electron chi connectivity index (χ2n) is 4.70. The first-order chi connectivity index (χ1) is 11.3. The van der Waals surface area contributed by atoms with E-state index in [0.29, 0.717) is 0 Å². The van der Waals surface area contributed by atoms with E-state index in [2.05, 4.69) is 10.1 Å². The monoisotopic (exact) mass is 341 g/mol. The first-order valence-electron chi connectivity index (χ1n) is 6.84. The number of anilines is 1. The summed E-state index contributed by atoms with van der Waals surface area (Å²) in [6.45, 7) is -1.89. The number of benzene rings is 2. The topological polar surface area (TPSA) is 67.8 Å². The van der Waals surface area contributed by atoms with Crippen molar-refractivity contribution in [1.82, 2.24) is 0 Å². The second-order valence-corrected chi connectivity index (χ2v) is 4.70. The summed E-state index contributed by atoms with van der Waals surface area (Å²) in [5, 5.41) is 11.9. The van der Waals surface area contributed by atoms with Crippen LogP contribution >= 0.6 is 0 Å². The van der Waals surface area contributed by atoms with Gasteiger partial charge in [-0.05, 0) is 24.3 Å². The SMILES string of the molecule is O=C(COc1ccccc1O)Nc1ccccc1OCC(F)(F)F. The zero-order valence-corrected chi connectivity index (χ0v) is 12.3. The lowest BCUT2D eigenvalue weighted by atomic mass is 10.3. The number of para-hydroxylation sites is 4. The molecule has 2 rings (SSSR count). The molecule has 0 bridgehead atoms. The van der Waals surface area contributed by atoms with Gasteiger partial charge in [-0.2, -0.15) is 13.2 Å². The lowest BCUT2D eigenvalue weighted by Crippen LogP contribution is -2.22. The maximum atomic E-state index is 12.2. The Balaban J connectivity index is 1.95. The quantitative estimate of drug-likeness (QED) is 0.845. The second kappa shape index (κ2) is 7.58. The number of phenolic OH excluding ortho intramolecular Hbond substituents is 1. The van der Waals surface area contributed by atoms with Gasteiger partial charge >= 0.3 is 6.18 Å². The van der Waals surface area contributed by atoms with Crippen molar-refractivity contribution in [3.05, 3.63) is 48.5 Å². The van der Waals surface area contributed by atoms with Crippen molar-refractivity contribution in [3.63, 3.8) is 0 Å². The highest BCUT2D eigenvalue weighted by molar-refractivity contribution is 5.93. The zero-order valence-electron chi connectivity index (χ0n) is 12.3. The molecule has 2 N–H and O–H groups in total. The van der Waals surface area contributed by atoms with Gasteiger partial charge in [0.2, 0.25) is 0 Å². The fourth-order valence-electron chi connectivity index (χ4n) is 1.76. The third-order valence-corrected chi connectivity index (χ3v) is 2.78. The summed E-state index contributed by atoms with van der Waals surface area (Å²) in [5.74, 6) is -0.722. The van der Waals surface area contributed by atoms with E-state index in [1.54, 1.807) is 18.2 Å². The molecule has 0 aromatic heterocycles. The van der Waals surface area contributed by atoms with E-state index in [1.807, 2.05) is 0 Å². The third kappa shape index (κ3) is 5.38. The third-order valence-electron chi connectivity index (χ3n) is 2.78. The van der Waals surface area contributed by atoms with E-state index in [-0.39, 0.29) is 22.9 Å². The van der Waals surface area contributed by atoms with Crippen LogP contribution in [0.15, 0.2) is 48.5 Å². The van der Waals surface area contributed by atoms with Crippen LogP contribution in [0.3, 0.4) is 0 Å². The van der Waals surface area contributed by atoms with Crippen LogP contribution in [0.25, 0.3) is 0 Å². The average Bonchev–Trinajstić information content (AvgIpc) is 2.52. The number of nitrogens with one attached hydrogen (secondary N) is 1. The van der Waals surface area contributed by atoms with Gasteiger partial charge in [0.25, 0.3) is 5.91 Å². The lowest BCUT2D eigenvalue weighted by molar-refractivity contribution is -0.153. The van der Waals surface area contributed by atoms with Crippen LogP contribution in [0.2, 0.25) is 0 Å². The number of halogens is 3. The summed E-state index contributed by atoms with van der Waals surface area (Å²) < 4.78 is 46.5. The fraction of sp³-hybridized carbons (Fsp3) is 0.188. The minimum Gasteiger partial charge on any atom is -0.504 e. The first kappa shape index (κ1) is 17.5. The molecule has 5 nitrogen and oxygen atoms in total. The molecule has 0 saturated heterocycles. The standard InChI is InChI=1S/C16H14F3NO4/c17-16(18,19)10-24-13-7-3-1-5-11(13)20-15(22)9-23-14-8-4-2-6-12(14)21/h1-8,21H,9-10H2,(H,20,22). The number of carbonyl (C=O) groups excluding carboxylic acids is 1. The minimum absolute atomic E-state index is 0.0904. The van der Waals surface area contributed by atoms with E-state index in [1.165, 1.54) is 30.3 Å². The van der Waals surface area contributed by atoms with Crippen molar-refractivity contribution in [2.75, 3.05) is 18.5 Å². The Morgan fingerprint density at radius 3 is 2.29 bits per heavy atom. The summed E-state index contributed by atoms with van der Waals surface area (Å²) in [5.41, 5.74) is 0.0904. The van der Waals surface area contributed by atoms with Crippen LogP contribution in [-0.4, -0.2) is 30.4 Å². The molecule has 0 aliphatic heterocycles. The van der Waals surface area contributed by atoms with Crippen LogP contribution in [0, 0.1) is 0 Å². The predicted octanol–water partition coefficient (Wildman–Crippen LogP) is 3.35. The van der Waals surface area contributed by atoms with Crippen molar-refractivity contribution in [2.24, 2.45) is 0 Å². The van der Waals surface area contributed by atoms with Crippen molar-refractivity contribution >= 4 is 11.6 Å². The molecule has 0 heterocycles. The van der Waals surface area contributed by atoms with Crippen molar-refractivity contribution in [2.45, 2.75) is 6.18 Å². The van der Waals surface area contributed by atoms with Crippen LogP contribution in [0.1, 0.15) is 0 Å². The maximum Gasteiger partial charge on any atom is 0.422 e. The largest absolute Gasteiger partial charge is 0.504 e. The molecule has 1 amide bonds. The van der Waals surface area contributed by atoms with Gasteiger partial charge in [0, 0.05) is 0 Å². The van der Waals surface area contributed by atoms with Crippen LogP contribution in [0.4, 0.5) is 18.9 Å². The van der Waals surface area contributed by atoms with Gasteiger partial charge in [-0.3, -0.25) is 4.79 Å². The highest BCUT2D eigenvalue weighted by Crippen LogP contribution is 2.27. The highest BCUT2D eigenvalue weighted by Gasteiger charge is 2.28. The molecule has 8 heteroatoms. The van der Waals surface area contributed by atoms with Crippen LogP contribution in [0.5, 0.6) is 17.2 Å². The molecule has 0 saturated carbocycles. The number of hydrogen-bond acceptors (Lipinski definition) is 4. The molecule has 2 aromatic carbocycles. The summed E-state index contributed by atoms with van der Waals surface area (Å²) in [6.07, 6.45) is -4.48. The minimum atomic E-state index is -4.48.